The van der Waals surface area contributed by atoms with Crippen molar-refractivity contribution in [3.63, 3.8) is 0 Å². The number of nitrogens with one attached hydrogen (secondary N) is 2. The molecule has 1 aliphatic carbocycles. The summed E-state index contributed by atoms with van der Waals surface area (Å²) in [6.45, 7) is 1.32. The van der Waals surface area contributed by atoms with Crippen LogP contribution in [0, 0.1) is 0 Å². The Balaban J connectivity index is 1.54. The molecule has 0 bridgehead atoms. The predicted octanol–water partition coefficient (Wildman–Crippen LogP) is 2.65. The molecule has 0 fully saturated rings. The van der Waals surface area contributed by atoms with E-state index in [9.17, 15) is 4.79 Å². The van der Waals surface area contributed by atoms with E-state index in [1.807, 2.05) is 10.8 Å². The molecule has 5 nitrogen and oxygen atoms in total. The number of fused-ring (bicyclic) bond motifs is 1. The SMILES string of the molecule is O=C(NCCn1ccnc1)NC1CCCCc2ccccc21. The molecule has 0 saturated carbocycles. The molecule has 1 heterocycles. The number of nitrogens with zero attached hydrogens (tertiary/aromatic N) is 2. The van der Waals surface area contributed by atoms with Crippen molar-refractivity contribution < 1.29 is 4.79 Å². The summed E-state index contributed by atoms with van der Waals surface area (Å²) < 4.78 is 1.95. The summed E-state index contributed by atoms with van der Waals surface area (Å²) in [7, 11) is 0. The zero-order valence-corrected chi connectivity index (χ0v) is 12.7. The first kappa shape index (κ1) is 14.6. The van der Waals surface area contributed by atoms with E-state index in [0.29, 0.717) is 6.54 Å². The molecule has 0 saturated heterocycles. The quantitative estimate of drug-likeness (QED) is 0.853. The molecular formula is C17H22N4O. The number of hydrogen-bond acceptors (Lipinski definition) is 2. The number of benzene rings is 1. The van der Waals surface area contributed by atoms with Crippen LogP contribution in [0.4, 0.5) is 4.79 Å². The van der Waals surface area contributed by atoms with Crippen LogP contribution >= 0.6 is 0 Å². The van der Waals surface area contributed by atoms with Crippen LogP contribution in [0.3, 0.4) is 0 Å². The number of urea groups is 1. The van der Waals surface area contributed by atoms with Gasteiger partial charge in [0.05, 0.1) is 12.4 Å². The second-order valence-electron chi connectivity index (χ2n) is 5.70. The Morgan fingerprint density at radius 3 is 3.09 bits per heavy atom. The van der Waals surface area contributed by atoms with Gasteiger partial charge in [0.15, 0.2) is 0 Å². The average molecular weight is 298 g/mol. The van der Waals surface area contributed by atoms with Gasteiger partial charge in [0.25, 0.3) is 0 Å². The van der Waals surface area contributed by atoms with Crippen LogP contribution in [-0.2, 0) is 13.0 Å². The van der Waals surface area contributed by atoms with Crippen LogP contribution < -0.4 is 10.6 Å². The lowest BCUT2D eigenvalue weighted by molar-refractivity contribution is 0.236. The molecule has 0 aliphatic heterocycles. The Morgan fingerprint density at radius 1 is 1.32 bits per heavy atom. The first-order chi connectivity index (χ1) is 10.8. The van der Waals surface area contributed by atoms with Gasteiger partial charge in [-0.25, -0.2) is 9.78 Å². The van der Waals surface area contributed by atoms with E-state index < -0.39 is 0 Å². The minimum atomic E-state index is -0.0955. The highest BCUT2D eigenvalue weighted by Crippen LogP contribution is 2.28. The number of imidazole rings is 1. The van der Waals surface area contributed by atoms with Crippen molar-refractivity contribution in [2.75, 3.05) is 6.54 Å². The van der Waals surface area contributed by atoms with E-state index in [2.05, 4.69) is 39.9 Å². The van der Waals surface area contributed by atoms with Crippen molar-refractivity contribution in [1.29, 1.82) is 0 Å². The summed E-state index contributed by atoms with van der Waals surface area (Å²) in [5.41, 5.74) is 2.63. The van der Waals surface area contributed by atoms with Crippen molar-refractivity contribution in [2.45, 2.75) is 38.3 Å². The Kier molecular flexibility index (Phi) is 4.73. The molecule has 0 spiro atoms. The van der Waals surface area contributed by atoms with Crippen LogP contribution in [0.15, 0.2) is 43.0 Å². The normalized spacial score (nSPS) is 17.4. The Morgan fingerprint density at radius 2 is 2.23 bits per heavy atom. The molecule has 5 heteroatoms. The smallest absolute Gasteiger partial charge is 0.315 e. The number of rotatable bonds is 4. The van der Waals surface area contributed by atoms with E-state index in [4.69, 9.17) is 0 Å². The Hall–Kier alpha value is -2.30. The van der Waals surface area contributed by atoms with Gasteiger partial charge in [-0.3, -0.25) is 0 Å². The minimum Gasteiger partial charge on any atom is -0.336 e. The van der Waals surface area contributed by atoms with Gasteiger partial charge in [0, 0.05) is 25.5 Å². The lowest BCUT2D eigenvalue weighted by Crippen LogP contribution is -2.39. The van der Waals surface area contributed by atoms with E-state index in [1.54, 1.807) is 12.5 Å². The van der Waals surface area contributed by atoms with Gasteiger partial charge in [0.2, 0.25) is 0 Å². The highest BCUT2D eigenvalue weighted by molar-refractivity contribution is 5.74. The molecule has 1 aromatic carbocycles. The second-order valence-corrected chi connectivity index (χ2v) is 5.70. The van der Waals surface area contributed by atoms with E-state index >= 15 is 0 Å². The molecule has 3 rings (SSSR count). The number of hydrogen-bond donors (Lipinski definition) is 2. The first-order valence-electron chi connectivity index (χ1n) is 7.91. The maximum Gasteiger partial charge on any atom is 0.315 e. The van der Waals surface area contributed by atoms with Gasteiger partial charge in [-0.2, -0.15) is 0 Å². The lowest BCUT2D eigenvalue weighted by Gasteiger charge is -2.19. The van der Waals surface area contributed by atoms with Crippen molar-refractivity contribution >= 4 is 6.03 Å². The van der Waals surface area contributed by atoms with Gasteiger partial charge < -0.3 is 15.2 Å². The topological polar surface area (TPSA) is 59.0 Å². The average Bonchev–Trinajstić information content (AvgIpc) is 2.96. The maximum atomic E-state index is 12.1. The first-order valence-corrected chi connectivity index (χ1v) is 7.91. The molecule has 2 aromatic rings. The monoisotopic (exact) mass is 298 g/mol. The number of aromatic nitrogens is 2. The molecule has 1 aromatic heterocycles. The second kappa shape index (κ2) is 7.11. The van der Waals surface area contributed by atoms with Crippen molar-refractivity contribution in [3.05, 3.63) is 54.1 Å². The summed E-state index contributed by atoms with van der Waals surface area (Å²) in [5, 5.41) is 6.04. The summed E-state index contributed by atoms with van der Waals surface area (Å²) in [5.74, 6) is 0. The highest BCUT2D eigenvalue weighted by atomic mass is 16.2. The summed E-state index contributed by atoms with van der Waals surface area (Å²) in [4.78, 5) is 16.1. The third-order valence-electron chi connectivity index (χ3n) is 4.14. The molecular weight excluding hydrogens is 276 g/mol. The minimum absolute atomic E-state index is 0.0955. The van der Waals surface area contributed by atoms with E-state index in [-0.39, 0.29) is 12.1 Å². The largest absolute Gasteiger partial charge is 0.336 e. The lowest BCUT2D eigenvalue weighted by atomic mass is 9.99. The Bertz CT molecular complexity index is 609. The van der Waals surface area contributed by atoms with Gasteiger partial charge in [0.1, 0.15) is 0 Å². The van der Waals surface area contributed by atoms with Crippen LogP contribution in [-0.4, -0.2) is 22.1 Å². The fraction of sp³-hybridized carbons (Fsp3) is 0.412. The van der Waals surface area contributed by atoms with Crippen molar-refractivity contribution in [2.24, 2.45) is 0 Å². The number of carbonyl (C=O) groups excluding carboxylic acids is 1. The molecule has 2 amide bonds. The standard InChI is InChI=1S/C17H22N4O/c22-17(19-10-12-21-11-9-18-13-21)20-16-8-4-2-6-14-5-1-3-7-15(14)16/h1,3,5,7,9,11,13,16H,2,4,6,8,10,12H2,(H2,19,20,22). The summed E-state index contributed by atoms with van der Waals surface area (Å²) in [6, 6.07) is 8.46. The van der Waals surface area contributed by atoms with Gasteiger partial charge in [-0.15, -0.1) is 0 Å². The molecule has 116 valence electrons. The fourth-order valence-corrected chi connectivity index (χ4v) is 3.00. The maximum absolute atomic E-state index is 12.1. The highest BCUT2D eigenvalue weighted by Gasteiger charge is 2.19. The van der Waals surface area contributed by atoms with Crippen LogP contribution in [0.25, 0.3) is 0 Å². The number of carbonyl (C=O) groups is 1. The van der Waals surface area contributed by atoms with E-state index in [1.165, 1.54) is 17.5 Å². The molecule has 1 atom stereocenters. The third-order valence-corrected chi connectivity index (χ3v) is 4.14. The number of amides is 2. The van der Waals surface area contributed by atoms with Crippen molar-refractivity contribution in [1.82, 2.24) is 20.2 Å². The predicted molar refractivity (Wildman–Crippen MR) is 85.5 cm³/mol. The molecule has 0 radical (unpaired) electrons. The molecule has 2 N–H and O–H groups in total. The molecule has 1 unspecified atom stereocenters. The van der Waals surface area contributed by atoms with Crippen LogP contribution in [0.1, 0.15) is 36.4 Å². The van der Waals surface area contributed by atoms with Gasteiger partial charge in [-0.1, -0.05) is 30.7 Å². The van der Waals surface area contributed by atoms with Gasteiger partial charge >= 0.3 is 6.03 Å². The Labute approximate surface area is 130 Å². The summed E-state index contributed by atoms with van der Waals surface area (Å²) in [6.07, 6.45) is 9.83. The van der Waals surface area contributed by atoms with E-state index in [0.717, 1.165) is 25.8 Å². The molecule has 1 aliphatic rings. The number of aryl methyl sites for hydroxylation is 1. The fourth-order valence-electron chi connectivity index (χ4n) is 3.00. The zero-order chi connectivity index (χ0) is 15.2. The van der Waals surface area contributed by atoms with Crippen LogP contribution in [0.5, 0.6) is 0 Å². The third kappa shape index (κ3) is 3.67. The van der Waals surface area contributed by atoms with Crippen LogP contribution in [0.2, 0.25) is 0 Å². The summed E-state index contributed by atoms with van der Waals surface area (Å²) >= 11 is 0. The van der Waals surface area contributed by atoms with Gasteiger partial charge in [-0.05, 0) is 30.4 Å². The van der Waals surface area contributed by atoms with Crippen molar-refractivity contribution in [3.8, 4) is 0 Å². The molecule has 22 heavy (non-hydrogen) atoms. The zero-order valence-electron chi connectivity index (χ0n) is 12.7.